The van der Waals surface area contributed by atoms with Gasteiger partial charge in [0.1, 0.15) is 0 Å². The van der Waals surface area contributed by atoms with Gasteiger partial charge in [0.05, 0.1) is 18.1 Å². The van der Waals surface area contributed by atoms with E-state index in [1.54, 1.807) is 0 Å². The lowest BCUT2D eigenvalue weighted by Crippen LogP contribution is -2.43. The van der Waals surface area contributed by atoms with Gasteiger partial charge >= 0.3 is 0 Å². The van der Waals surface area contributed by atoms with Gasteiger partial charge in [-0.2, -0.15) is 11.8 Å². The number of carbonyl (C=O) groups excluding carboxylic acids is 1. The smallest absolute Gasteiger partial charge is 0.222 e. The van der Waals surface area contributed by atoms with Crippen molar-refractivity contribution >= 4 is 33.5 Å². The SMILES string of the molecule is CCNC(=NCCC(=O)NC1CCS(=O)(=O)C1)NC1CCC(SC)C1. The predicted octanol–water partition coefficient (Wildman–Crippen LogP) is 0.519. The number of amides is 1. The van der Waals surface area contributed by atoms with Gasteiger partial charge in [-0.05, 0) is 38.9 Å². The molecule has 1 aliphatic heterocycles. The summed E-state index contributed by atoms with van der Waals surface area (Å²) < 4.78 is 22.8. The highest BCUT2D eigenvalue weighted by Crippen LogP contribution is 2.27. The number of hydrogen-bond donors (Lipinski definition) is 3. The molecule has 7 nitrogen and oxygen atoms in total. The van der Waals surface area contributed by atoms with E-state index in [0.717, 1.165) is 25.3 Å². The Morgan fingerprint density at radius 3 is 2.60 bits per heavy atom. The molecule has 0 aromatic rings. The maximum atomic E-state index is 12.0. The molecule has 3 atom stereocenters. The zero-order chi connectivity index (χ0) is 18.3. The number of rotatable bonds is 7. The minimum Gasteiger partial charge on any atom is -0.357 e. The normalized spacial score (nSPS) is 28.7. The molecular weight excluding hydrogens is 360 g/mol. The van der Waals surface area contributed by atoms with Gasteiger partial charge in [-0.3, -0.25) is 9.79 Å². The molecule has 2 rings (SSSR count). The average molecular weight is 391 g/mol. The largest absolute Gasteiger partial charge is 0.357 e. The van der Waals surface area contributed by atoms with Crippen LogP contribution in [0.3, 0.4) is 0 Å². The van der Waals surface area contributed by atoms with E-state index in [-0.39, 0.29) is 29.9 Å². The van der Waals surface area contributed by atoms with Crippen molar-refractivity contribution in [2.45, 2.75) is 56.4 Å². The summed E-state index contributed by atoms with van der Waals surface area (Å²) in [5.74, 6) is 0.851. The number of nitrogens with one attached hydrogen (secondary N) is 3. The Bertz CT molecular complexity index is 580. The van der Waals surface area contributed by atoms with Crippen LogP contribution >= 0.6 is 11.8 Å². The summed E-state index contributed by atoms with van der Waals surface area (Å²) in [7, 11) is -2.97. The van der Waals surface area contributed by atoms with E-state index in [1.807, 2.05) is 18.7 Å². The highest BCUT2D eigenvalue weighted by Gasteiger charge is 2.28. The van der Waals surface area contributed by atoms with Crippen LogP contribution in [0.4, 0.5) is 0 Å². The Morgan fingerprint density at radius 2 is 2.00 bits per heavy atom. The van der Waals surface area contributed by atoms with Gasteiger partial charge < -0.3 is 16.0 Å². The first-order valence-corrected chi connectivity index (χ1v) is 12.1. The van der Waals surface area contributed by atoms with Crippen molar-refractivity contribution in [2.75, 3.05) is 30.9 Å². The Labute approximate surface area is 155 Å². The minimum absolute atomic E-state index is 0.0600. The third-order valence-corrected chi connectivity index (χ3v) is 7.47. The molecule has 144 valence electrons. The average Bonchev–Trinajstić information content (AvgIpc) is 3.13. The number of guanidine groups is 1. The van der Waals surface area contributed by atoms with E-state index < -0.39 is 9.84 Å². The Morgan fingerprint density at radius 1 is 1.20 bits per heavy atom. The molecule has 25 heavy (non-hydrogen) atoms. The fourth-order valence-corrected chi connectivity index (χ4v) is 5.75. The molecule has 3 unspecified atom stereocenters. The predicted molar refractivity (Wildman–Crippen MR) is 104 cm³/mol. The van der Waals surface area contributed by atoms with Crippen molar-refractivity contribution in [3.63, 3.8) is 0 Å². The summed E-state index contributed by atoms with van der Waals surface area (Å²) in [6, 6.07) is 0.197. The van der Waals surface area contributed by atoms with Crippen LogP contribution in [0.1, 0.15) is 39.0 Å². The van der Waals surface area contributed by atoms with E-state index in [1.165, 1.54) is 6.42 Å². The minimum atomic E-state index is -2.97. The van der Waals surface area contributed by atoms with E-state index in [9.17, 15) is 13.2 Å². The van der Waals surface area contributed by atoms with Crippen molar-refractivity contribution in [2.24, 2.45) is 4.99 Å². The Balaban J connectivity index is 1.74. The molecule has 1 saturated heterocycles. The first-order valence-electron chi connectivity index (χ1n) is 8.99. The van der Waals surface area contributed by atoms with Crippen LogP contribution in [-0.4, -0.2) is 68.5 Å². The second-order valence-electron chi connectivity index (χ2n) is 6.69. The third kappa shape index (κ3) is 7.05. The summed E-state index contributed by atoms with van der Waals surface area (Å²) in [5, 5.41) is 10.2. The monoisotopic (exact) mass is 390 g/mol. The molecule has 0 spiro atoms. The Kier molecular flexibility index (Phi) is 7.86. The van der Waals surface area contributed by atoms with Crippen LogP contribution in [0, 0.1) is 0 Å². The molecule has 2 fully saturated rings. The number of sulfone groups is 1. The first-order chi connectivity index (χ1) is 11.9. The van der Waals surface area contributed by atoms with E-state index in [2.05, 4.69) is 27.2 Å². The fourth-order valence-electron chi connectivity index (χ4n) is 3.28. The molecule has 3 N–H and O–H groups in total. The van der Waals surface area contributed by atoms with Crippen LogP contribution in [0.15, 0.2) is 4.99 Å². The molecule has 0 radical (unpaired) electrons. The lowest BCUT2D eigenvalue weighted by molar-refractivity contribution is -0.121. The van der Waals surface area contributed by atoms with E-state index in [4.69, 9.17) is 0 Å². The summed E-state index contributed by atoms with van der Waals surface area (Å²) in [4.78, 5) is 16.4. The summed E-state index contributed by atoms with van der Waals surface area (Å²) in [5.41, 5.74) is 0. The van der Waals surface area contributed by atoms with E-state index in [0.29, 0.717) is 24.3 Å². The molecule has 2 aliphatic rings. The standard InChI is InChI=1S/C16H30N4O3S2/c1-3-17-16(20-12-4-5-14(10-12)24-2)18-8-6-15(21)19-13-7-9-25(22,23)11-13/h12-14H,3-11H2,1-2H3,(H,19,21)(H2,17,18,20). The molecule has 9 heteroatoms. The van der Waals surface area contributed by atoms with Gasteiger partial charge in [0.15, 0.2) is 15.8 Å². The summed E-state index contributed by atoms with van der Waals surface area (Å²) >= 11 is 1.92. The maximum absolute atomic E-state index is 12.0. The van der Waals surface area contributed by atoms with Gasteiger partial charge in [-0.15, -0.1) is 0 Å². The second kappa shape index (κ2) is 9.66. The van der Waals surface area contributed by atoms with Crippen LogP contribution in [0.2, 0.25) is 0 Å². The quantitative estimate of drug-likeness (QED) is 0.433. The summed E-state index contributed by atoms with van der Waals surface area (Å²) in [6.45, 7) is 3.18. The number of aliphatic imine (C=N–C) groups is 1. The van der Waals surface area contributed by atoms with Crippen molar-refractivity contribution in [1.82, 2.24) is 16.0 Å². The highest BCUT2D eigenvalue weighted by molar-refractivity contribution is 7.99. The van der Waals surface area contributed by atoms with Crippen LogP contribution in [0.5, 0.6) is 0 Å². The number of nitrogens with zero attached hydrogens (tertiary/aromatic N) is 1. The van der Waals surface area contributed by atoms with Crippen molar-refractivity contribution in [3.05, 3.63) is 0 Å². The molecule has 0 bridgehead atoms. The van der Waals surface area contributed by atoms with Crippen LogP contribution < -0.4 is 16.0 Å². The van der Waals surface area contributed by atoms with Crippen LogP contribution in [-0.2, 0) is 14.6 Å². The van der Waals surface area contributed by atoms with Gasteiger partial charge in [-0.25, -0.2) is 8.42 Å². The lowest BCUT2D eigenvalue weighted by atomic mass is 10.2. The molecule has 0 aromatic heterocycles. The molecule has 1 amide bonds. The molecule has 0 aromatic carbocycles. The van der Waals surface area contributed by atoms with Gasteiger partial charge in [0.2, 0.25) is 5.91 Å². The zero-order valence-corrected chi connectivity index (χ0v) is 16.7. The van der Waals surface area contributed by atoms with Gasteiger partial charge in [0.25, 0.3) is 0 Å². The lowest BCUT2D eigenvalue weighted by Gasteiger charge is -2.17. The number of thioether (sulfide) groups is 1. The van der Waals surface area contributed by atoms with Gasteiger partial charge in [0, 0.05) is 30.3 Å². The zero-order valence-electron chi connectivity index (χ0n) is 15.1. The maximum Gasteiger partial charge on any atom is 0.222 e. The van der Waals surface area contributed by atoms with Crippen LogP contribution in [0.25, 0.3) is 0 Å². The second-order valence-corrected chi connectivity index (χ2v) is 10.1. The third-order valence-electron chi connectivity index (χ3n) is 4.61. The highest BCUT2D eigenvalue weighted by atomic mass is 32.2. The Hall–Kier alpha value is -0.960. The van der Waals surface area contributed by atoms with E-state index >= 15 is 0 Å². The van der Waals surface area contributed by atoms with Crippen molar-refractivity contribution in [3.8, 4) is 0 Å². The first kappa shape index (κ1) is 20.4. The molecular formula is C16H30N4O3S2. The number of hydrogen-bond acceptors (Lipinski definition) is 5. The molecule has 1 saturated carbocycles. The van der Waals surface area contributed by atoms with Crippen molar-refractivity contribution < 1.29 is 13.2 Å². The fraction of sp³-hybridized carbons (Fsp3) is 0.875. The summed E-state index contributed by atoms with van der Waals surface area (Å²) in [6.07, 6.45) is 6.45. The topological polar surface area (TPSA) is 99.7 Å². The van der Waals surface area contributed by atoms with Crippen molar-refractivity contribution in [1.29, 1.82) is 0 Å². The molecule has 1 heterocycles. The number of carbonyl (C=O) groups is 1. The van der Waals surface area contributed by atoms with Gasteiger partial charge in [-0.1, -0.05) is 0 Å². The molecule has 1 aliphatic carbocycles.